The van der Waals surface area contributed by atoms with Gasteiger partial charge >= 0.3 is 0 Å². The first-order chi connectivity index (χ1) is 12.7. The highest BCUT2D eigenvalue weighted by atomic mass is 35.5. The lowest BCUT2D eigenvalue weighted by atomic mass is 9.80. The second-order valence-corrected chi connectivity index (χ2v) is 8.47. The third kappa shape index (κ3) is 2.74. The van der Waals surface area contributed by atoms with Gasteiger partial charge in [-0.2, -0.15) is 0 Å². The van der Waals surface area contributed by atoms with Gasteiger partial charge in [0.2, 0.25) is 0 Å². The molecule has 1 atom stereocenters. The molecule has 0 saturated heterocycles. The second-order valence-electron chi connectivity index (χ2n) is 8.06. The minimum atomic E-state index is -0.269. The van der Waals surface area contributed by atoms with Crippen LogP contribution in [0.15, 0.2) is 35.3 Å². The van der Waals surface area contributed by atoms with E-state index in [0.29, 0.717) is 22.3 Å². The van der Waals surface area contributed by atoms with Crippen molar-refractivity contribution in [1.82, 2.24) is 0 Å². The summed E-state index contributed by atoms with van der Waals surface area (Å²) < 4.78 is 5.50. The fourth-order valence-electron chi connectivity index (χ4n) is 4.29. The Morgan fingerprint density at radius 1 is 1.26 bits per heavy atom. The zero-order valence-corrected chi connectivity index (χ0v) is 17.0. The van der Waals surface area contributed by atoms with Gasteiger partial charge in [0.1, 0.15) is 11.5 Å². The summed E-state index contributed by atoms with van der Waals surface area (Å²) in [5, 5.41) is 0.643. The van der Waals surface area contributed by atoms with Crippen LogP contribution < -0.4 is 9.64 Å². The van der Waals surface area contributed by atoms with Crippen LogP contribution in [0.4, 0.5) is 11.4 Å². The maximum atomic E-state index is 13.4. The van der Waals surface area contributed by atoms with E-state index in [-0.39, 0.29) is 11.4 Å². The Morgan fingerprint density at radius 3 is 2.67 bits per heavy atom. The van der Waals surface area contributed by atoms with Crippen LogP contribution >= 0.6 is 11.6 Å². The van der Waals surface area contributed by atoms with E-state index in [9.17, 15) is 4.79 Å². The first-order valence-corrected chi connectivity index (χ1v) is 9.52. The molecule has 140 valence electrons. The van der Waals surface area contributed by atoms with Crippen LogP contribution in [-0.2, 0) is 4.79 Å². The predicted octanol–water partition coefficient (Wildman–Crippen LogP) is 5.41. The van der Waals surface area contributed by atoms with Gasteiger partial charge in [0.05, 0.1) is 18.5 Å². The maximum Gasteiger partial charge on any atom is 0.278 e. The van der Waals surface area contributed by atoms with Crippen molar-refractivity contribution in [3.63, 3.8) is 0 Å². The Hall–Kier alpha value is -2.33. The van der Waals surface area contributed by atoms with Gasteiger partial charge in [-0.1, -0.05) is 24.6 Å². The lowest BCUT2D eigenvalue weighted by Crippen LogP contribution is -2.50. The van der Waals surface area contributed by atoms with E-state index in [1.807, 2.05) is 36.1 Å². The number of methoxy groups -OCH3 is 1. The van der Waals surface area contributed by atoms with Gasteiger partial charge in [0.15, 0.2) is 0 Å². The predicted molar refractivity (Wildman–Crippen MR) is 110 cm³/mol. The van der Waals surface area contributed by atoms with Crippen molar-refractivity contribution in [1.29, 1.82) is 0 Å². The highest BCUT2D eigenvalue weighted by Crippen LogP contribution is 2.50. The van der Waals surface area contributed by atoms with E-state index in [2.05, 4.69) is 20.8 Å². The summed E-state index contributed by atoms with van der Waals surface area (Å²) >= 11 is 6.25. The summed E-state index contributed by atoms with van der Waals surface area (Å²) in [7, 11) is 1.65. The zero-order chi connectivity index (χ0) is 19.5. The molecule has 0 bridgehead atoms. The van der Waals surface area contributed by atoms with Crippen LogP contribution in [0, 0.1) is 6.92 Å². The van der Waals surface area contributed by atoms with Gasteiger partial charge in [-0.3, -0.25) is 4.79 Å². The number of carbonyl (C=O) groups excluding carboxylic acids is 1. The molecule has 27 heavy (non-hydrogen) atoms. The highest BCUT2D eigenvalue weighted by molar-refractivity contribution is 6.55. The summed E-state index contributed by atoms with van der Waals surface area (Å²) in [6, 6.07) is 9.57. The van der Waals surface area contributed by atoms with E-state index in [1.165, 1.54) is 0 Å². The summed E-state index contributed by atoms with van der Waals surface area (Å²) in [5.41, 5.74) is 4.80. The smallest absolute Gasteiger partial charge is 0.278 e. The summed E-state index contributed by atoms with van der Waals surface area (Å²) in [6.45, 7) is 8.38. The van der Waals surface area contributed by atoms with Crippen molar-refractivity contribution in [2.24, 2.45) is 4.99 Å². The molecule has 0 aromatic heterocycles. The minimum absolute atomic E-state index is 0.0619. The molecule has 2 aliphatic rings. The molecule has 0 unspecified atom stereocenters. The van der Waals surface area contributed by atoms with Crippen molar-refractivity contribution in [3.05, 3.63) is 52.0 Å². The van der Waals surface area contributed by atoms with E-state index >= 15 is 0 Å². The number of halogens is 1. The van der Waals surface area contributed by atoms with E-state index < -0.39 is 0 Å². The first-order valence-electron chi connectivity index (χ1n) is 9.14. The van der Waals surface area contributed by atoms with Gasteiger partial charge in [-0.25, -0.2) is 4.99 Å². The van der Waals surface area contributed by atoms with Gasteiger partial charge in [0.25, 0.3) is 5.91 Å². The molecule has 0 spiro atoms. The Morgan fingerprint density at radius 2 is 2.00 bits per heavy atom. The average Bonchev–Trinajstić information content (AvgIpc) is 2.89. The van der Waals surface area contributed by atoms with Crippen LogP contribution in [0.5, 0.6) is 5.75 Å². The molecule has 4 rings (SSSR count). The van der Waals surface area contributed by atoms with Gasteiger partial charge in [0, 0.05) is 16.1 Å². The number of aliphatic imine (C=N–C) groups is 1. The molecular weight excluding hydrogens is 360 g/mol. The SMILES string of the molecule is COc1cc2c3c(c1)[C@H](C)CC(C)(C)N3C(=O)C2=Nc1ccc(C)c(Cl)c1. The number of benzene rings is 2. The van der Waals surface area contributed by atoms with E-state index in [0.717, 1.165) is 34.5 Å². The third-order valence-corrected chi connectivity index (χ3v) is 5.98. The highest BCUT2D eigenvalue weighted by Gasteiger charge is 2.48. The molecule has 0 aliphatic carbocycles. The average molecular weight is 383 g/mol. The summed E-state index contributed by atoms with van der Waals surface area (Å²) in [6.07, 6.45) is 0.891. The normalized spacial score (nSPS) is 21.6. The molecule has 2 aromatic carbocycles. The van der Waals surface area contributed by atoms with Gasteiger partial charge < -0.3 is 9.64 Å². The van der Waals surface area contributed by atoms with Crippen LogP contribution in [0.1, 0.15) is 49.8 Å². The minimum Gasteiger partial charge on any atom is -0.497 e. The molecule has 0 radical (unpaired) electrons. The standard InChI is InChI=1S/C22H23ClN2O2/c1-12-6-7-14(8-18(12)23)24-19-17-10-15(27-5)9-16-13(2)11-22(3,4)25(20(16)17)21(19)26/h6-10,13H,11H2,1-5H3/t13-/m1/s1. The molecular formula is C22H23ClN2O2. The van der Waals surface area contributed by atoms with Gasteiger partial charge in [-0.15, -0.1) is 0 Å². The van der Waals surface area contributed by atoms with E-state index in [4.69, 9.17) is 21.3 Å². The van der Waals surface area contributed by atoms with Crippen LogP contribution in [0.2, 0.25) is 5.02 Å². The Balaban J connectivity index is 1.96. The first kappa shape index (κ1) is 18.1. The largest absolute Gasteiger partial charge is 0.497 e. The molecule has 2 aromatic rings. The number of rotatable bonds is 2. The number of anilines is 1. The molecule has 0 fully saturated rings. The number of ether oxygens (including phenoxy) is 1. The number of amides is 1. The molecule has 0 N–H and O–H groups in total. The van der Waals surface area contributed by atoms with Crippen molar-refractivity contribution >= 4 is 34.6 Å². The lowest BCUT2D eigenvalue weighted by molar-refractivity contribution is -0.113. The number of hydrogen-bond acceptors (Lipinski definition) is 3. The summed E-state index contributed by atoms with van der Waals surface area (Å²) in [4.78, 5) is 20.0. The van der Waals surface area contributed by atoms with E-state index in [1.54, 1.807) is 13.2 Å². The summed E-state index contributed by atoms with van der Waals surface area (Å²) in [5.74, 6) is 1.02. The van der Waals surface area contributed by atoms with Gasteiger partial charge in [-0.05, 0) is 68.5 Å². The lowest BCUT2D eigenvalue weighted by Gasteiger charge is -2.43. The number of aryl methyl sites for hydroxylation is 1. The van der Waals surface area contributed by atoms with Crippen LogP contribution in [0.3, 0.4) is 0 Å². The van der Waals surface area contributed by atoms with Crippen LogP contribution in [0.25, 0.3) is 0 Å². The molecule has 1 amide bonds. The number of nitrogens with zero attached hydrogens (tertiary/aromatic N) is 2. The monoisotopic (exact) mass is 382 g/mol. The Bertz CT molecular complexity index is 994. The Labute approximate surface area is 164 Å². The molecule has 2 heterocycles. The number of carbonyl (C=O) groups is 1. The second kappa shape index (κ2) is 6.10. The van der Waals surface area contributed by atoms with Crippen LogP contribution in [-0.4, -0.2) is 24.3 Å². The fraction of sp³-hybridized carbons (Fsp3) is 0.364. The van der Waals surface area contributed by atoms with Crippen molar-refractivity contribution in [2.75, 3.05) is 12.0 Å². The molecule has 4 nitrogen and oxygen atoms in total. The van der Waals surface area contributed by atoms with Crippen molar-refractivity contribution in [3.8, 4) is 5.75 Å². The molecule has 5 heteroatoms. The third-order valence-electron chi connectivity index (χ3n) is 5.57. The molecule has 2 aliphatic heterocycles. The topological polar surface area (TPSA) is 41.9 Å². The number of hydrogen-bond donors (Lipinski definition) is 0. The maximum absolute atomic E-state index is 13.4. The zero-order valence-electron chi connectivity index (χ0n) is 16.3. The quantitative estimate of drug-likeness (QED) is 0.696. The van der Waals surface area contributed by atoms with Crippen molar-refractivity contribution in [2.45, 2.75) is 45.6 Å². The Kier molecular flexibility index (Phi) is 4.08. The fourth-order valence-corrected chi connectivity index (χ4v) is 4.47. The van der Waals surface area contributed by atoms with Crippen molar-refractivity contribution < 1.29 is 9.53 Å². The molecule has 0 saturated carbocycles.